The largest absolute Gasteiger partial charge is 0.378 e. The van der Waals surface area contributed by atoms with E-state index in [-0.39, 0.29) is 5.91 Å². The van der Waals surface area contributed by atoms with Crippen molar-refractivity contribution in [3.63, 3.8) is 0 Å². The Balaban J connectivity index is 3.08. The van der Waals surface area contributed by atoms with Gasteiger partial charge in [-0.25, -0.2) is 0 Å². The summed E-state index contributed by atoms with van der Waals surface area (Å²) >= 11 is 0. The lowest BCUT2D eigenvalue weighted by Crippen LogP contribution is -2.27. The zero-order valence-corrected chi connectivity index (χ0v) is 8.34. The van der Waals surface area contributed by atoms with E-state index in [0.29, 0.717) is 32.7 Å². The Labute approximate surface area is 79.8 Å². The monoisotopic (exact) mass is 188 g/mol. The minimum atomic E-state index is 0.109. The second-order valence-electron chi connectivity index (χ2n) is 2.85. The third kappa shape index (κ3) is 9.30. The molecule has 0 heterocycles. The van der Waals surface area contributed by atoms with Gasteiger partial charge in [-0.3, -0.25) is 4.79 Å². The molecule has 4 heteroatoms. The zero-order chi connectivity index (χ0) is 9.94. The molecule has 0 aliphatic heterocycles. The molecule has 13 heavy (non-hydrogen) atoms. The van der Waals surface area contributed by atoms with E-state index in [1.165, 1.54) is 0 Å². The molecule has 0 saturated carbocycles. The molecule has 0 fully saturated rings. The van der Waals surface area contributed by atoms with Gasteiger partial charge in [-0.05, 0) is 6.42 Å². The molecule has 0 aromatic carbocycles. The molecule has 0 aromatic rings. The second kappa shape index (κ2) is 9.48. The number of nitrogens with two attached hydrogens (primary N) is 1. The smallest absolute Gasteiger partial charge is 0.220 e. The van der Waals surface area contributed by atoms with E-state index in [2.05, 4.69) is 12.2 Å². The van der Waals surface area contributed by atoms with Gasteiger partial charge in [0.25, 0.3) is 0 Å². The van der Waals surface area contributed by atoms with Crippen molar-refractivity contribution in [2.24, 2.45) is 5.73 Å². The van der Waals surface area contributed by atoms with Crippen LogP contribution in [0.5, 0.6) is 0 Å². The van der Waals surface area contributed by atoms with E-state index in [1.54, 1.807) is 0 Å². The van der Waals surface area contributed by atoms with E-state index in [1.807, 2.05) is 0 Å². The molecule has 78 valence electrons. The number of hydrogen-bond acceptors (Lipinski definition) is 3. The van der Waals surface area contributed by atoms with Crippen LogP contribution in [0.3, 0.4) is 0 Å². The van der Waals surface area contributed by atoms with Crippen molar-refractivity contribution in [3.8, 4) is 0 Å². The van der Waals surface area contributed by atoms with Crippen LogP contribution in [0.4, 0.5) is 0 Å². The second-order valence-corrected chi connectivity index (χ2v) is 2.85. The summed E-state index contributed by atoms with van der Waals surface area (Å²) in [5.74, 6) is 0.109. The Morgan fingerprint density at radius 3 is 2.85 bits per heavy atom. The summed E-state index contributed by atoms with van der Waals surface area (Å²) in [6, 6.07) is 0. The Morgan fingerprint density at radius 2 is 2.23 bits per heavy atom. The molecule has 3 N–H and O–H groups in total. The van der Waals surface area contributed by atoms with Crippen LogP contribution in [-0.4, -0.2) is 32.2 Å². The lowest BCUT2D eigenvalue weighted by molar-refractivity contribution is -0.121. The number of carbonyl (C=O) groups excluding carboxylic acids is 1. The first-order valence-corrected chi connectivity index (χ1v) is 4.85. The summed E-state index contributed by atoms with van der Waals surface area (Å²) in [4.78, 5) is 11.0. The minimum absolute atomic E-state index is 0.109. The molecule has 0 bridgehead atoms. The highest BCUT2D eigenvalue weighted by molar-refractivity contribution is 5.75. The number of ether oxygens (including phenoxy) is 1. The van der Waals surface area contributed by atoms with Crippen LogP contribution in [0.25, 0.3) is 0 Å². The van der Waals surface area contributed by atoms with Gasteiger partial charge in [0.2, 0.25) is 5.91 Å². The van der Waals surface area contributed by atoms with Crippen molar-refractivity contribution in [3.05, 3.63) is 0 Å². The van der Waals surface area contributed by atoms with Gasteiger partial charge in [0, 0.05) is 19.5 Å². The first kappa shape index (κ1) is 12.4. The van der Waals surface area contributed by atoms with Crippen molar-refractivity contribution in [2.45, 2.75) is 26.2 Å². The molecular formula is C9H20N2O2. The fourth-order valence-corrected chi connectivity index (χ4v) is 0.874. The Kier molecular flexibility index (Phi) is 9.03. The molecule has 0 unspecified atom stereocenters. The molecule has 0 atom stereocenters. The normalized spacial score (nSPS) is 10.0. The van der Waals surface area contributed by atoms with Crippen LogP contribution in [0.15, 0.2) is 0 Å². The van der Waals surface area contributed by atoms with Crippen LogP contribution in [0.2, 0.25) is 0 Å². The van der Waals surface area contributed by atoms with E-state index in [4.69, 9.17) is 10.5 Å². The maximum absolute atomic E-state index is 11.0. The molecule has 0 radical (unpaired) electrons. The summed E-state index contributed by atoms with van der Waals surface area (Å²) in [7, 11) is 0. The SMILES string of the molecule is CCCCC(=O)NCCOCCN. The molecule has 1 amide bonds. The molecule has 0 aliphatic rings. The number of rotatable bonds is 8. The van der Waals surface area contributed by atoms with Crippen molar-refractivity contribution < 1.29 is 9.53 Å². The van der Waals surface area contributed by atoms with Crippen molar-refractivity contribution in [1.82, 2.24) is 5.32 Å². The first-order chi connectivity index (χ1) is 6.31. The molecule has 0 spiro atoms. The topological polar surface area (TPSA) is 64.3 Å². The van der Waals surface area contributed by atoms with Gasteiger partial charge < -0.3 is 15.8 Å². The highest BCUT2D eigenvalue weighted by Gasteiger charge is 1.97. The van der Waals surface area contributed by atoms with Gasteiger partial charge in [0.15, 0.2) is 0 Å². The number of carbonyl (C=O) groups is 1. The molecular weight excluding hydrogens is 168 g/mol. The maximum atomic E-state index is 11.0. The van der Waals surface area contributed by atoms with Gasteiger partial charge in [-0.1, -0.05) is 13.3 Å². The fourth-order valence-electron chi connectivity index (χ4n) is 0.874. The Hall–Kier alpha value is -0.610. The molecule has 0 aromatic heterocycles. The van der Waals surface area contributed by atoms with E-state index in [9.17, 15) is 4.79 Å². The van der Waals surface area contributed by atoms with Gasteiger partial charge in [0.05, 0.1) is 13.2 Å². The molecule has 4 nitrogen and oxygen atoms in total. The highest BCUT2D eigenvalue weighted by Crippen LogP contribution is 1.92. The van der Waals surface area contributed by atoms with Crippen LogP contribution < -0.4 is 11.1 Å². The number of amides is 1. The van der Waals surface area contributed by atoms with E-state index >= 15 is 0 Å². The third-order valence-corrected chi connectivity index (χ3v) is 1.59. The van der Waals surface area contributed by atoms with Gasteiger partial charge >= 0.3 is 0 Å². The average Bonchev–Trinajstić information content (AvgIpc) is 2.14. The quantitative estimate of drug-likeness (QED) is 0.537. The average molecular weight is 188 g/mol. The van der Waals surface area contributed by atoms with Crippen molar-refractivity contribution >= 4 is 5.91 Å². The Morgan fingerprint density at radius 1 is 1.46 bits per heavy atom. The molecule has 0 aliphatic carbocycles. The van der Waals surface area contributed by atoms with Crippen LogP contribution in [0, 0.1) is 0 Å². The zero-order valence-electron chi connectivity index (χ0n) is 8.34. The van der Waals surface area contributed by atoms with Crippen molar-refractivity contribution in [2.75, 3.05) is 26.3 Å². The van der Waals surface area contributed by atoms with E-state index < -0.39 is 0 Å². The van der Waals surface area contributed by atoms with Crippen LogP contribution >= 0.6 is 0 Å². The maximum Gasteiger partial charge on any atom is 0.220 e. The molecule has 0 rings (SSSR count). The van der Waals surface area contributed by atoms with Gasteiger partial charge in [-0.15, -0.1) is 0 Å². The Bertz CT molecular complexity index is 129. The third-order valence-electron chi connectivity index (χ3n) is 1.59. The standard InChI is InChI=1S/C9H20N2O2/c1-2-3-4-9(12)11-6-8-13-7-5-10/h2-8,10H2,1H3,(H,11,12). The lowest BCUT2D eigenvalue weighted by atomic mass is 10.2. The van der Waals surface area contributed by atoms with Gasteiger partial charge in [0.1, 0.15) is 0 Å². The number of nitrogens with one attached hydrogen (secondary N) is 1. The summed E-state index contributed by atoms with van der Waals surface area (Å²) in [6.45, 7) is 4.30. The summed E-state index contributed by atoms with van der Waals surface area (Å²) < 4.78 is 5.10. The summed E-state index contributed by atoms with van der Waals surface area (Å²) in [6.07, 6.45) is 2.62. The van der Waals surface area contributed by atoms with E-state index in [0.717, 1.165) is 12.8 Å². The first-order valence-electron chi connectivity index (χ1n) is 4.85. The predicted molar refractivity (Wildman–Crippen MR) is 52.4 cm³/mol. The van der Waals surface area contributed by atoms with Crippen LogP contribution in [-0.2, 0) is 9.53 Å². The number of hydrogen-bond donors (Lipinski definition) is 2. The number of unbranched alkanes of at least 4 members (excludes halogenated alkanes) is 1. The van der Waals surface area contributed by atoms with Crippen LogP contribution in [0.1, 0.15) is 26.2 Å². The molecule has 0 saturated heterocycles. The summed E-state index contributed by atoms with van der Waals surface area (Å²) in [5, 5.41) is 2.77. The lowest BCUT2D eigenvalue weighted by Gasteiger charge is -2.04. The fraction of sp³-hybridized carbons (Fsp3) is 0.889. The van der Waals surface area contributed by atoms with Crippen molar-refractivity contribution in [1.29, 1.82) is 0 Å². The summed E-state index contributed by atoms with van der Waals surface area (Å²) in [5.41, 5.74) is 5.22. The highest BCUT2D eigenvalue weighted by atomic mass is 16.5. The predicted octanol–water partition coefficient (Wildman–Crippen LogP) is 0.268. The van der Waals surface area contributed by atoms with Gasteiger partial charge in [-0.2, -0.15) is 0 Å². The minimum Gasteiger partial charge on any atom is -0.378 e.